The SMILES string of the molecule is Cc1cc(NC(=O)C(O)c2cc(F)cc(F)c2)ccc1-c1ccc(N)nc1. The fraction of sp³-hybridized carbons (Fsp3) is 0.100. The van der Waals surface area contributed by atoms with Crippen LogP contribution in [0.2, 0.25) is 0 Å². The Balaban J connectivity index is 1.78. The average molecular weight is 369 g/mol. The number of pyridine rings is 1. The van der Waals surface area contributed by atoms with E-state index in [9.17, 15) is 18.7 Å². The first-order chi connectivity index (χ1) is 12.8. The number of nitrogens with two attached hydrogens (primary N) is 1. The first-order valence-corrected chi connectivity index (χ1v) is 8.11. The highest BCUT2D eigenvalue weighted by molar-refractivity contribution is 5.95. The van der Waals surface area contributed by atoms with Gasteiger partial charge in [0.15, 0.2) is 6.10 Å². The Bertz CT molecular complexity index is 971. The number of nitrogen functional groups attached to an aromatic ring is 1. The van der Waals surface area contributed by atoms with Gasteiger partial charge in [-0.15, -0.1) is 0 Å². The van der Waals surface area contributed by atoms with E-state index >= 15 is 0 Å². The van der Waals surface area contributed by atoms with Crippen molar-refractivity contribution in [3.05, 3.63) is 77.5 Å². The molecule has 0 fully saturated rings. The molecule has 1 heterocycles. The van der Waals surface area contributed by atoms with E-state index in [0.29, 0.717) is 17.6 Å². The summed E-state index contributed by atoms with van der Waals surface area (Å²) in [7, 11) is 0. The van der Waals surface area contributed by atoms with Crippen molar-refractivity contribution in [3.8, 4) is 11.1 Å². The third-order valence-corrected chi connectivity index (χ3v) is 4.04. The number of anilines is 2. The van der Waals surface area contributed by atoms with Crippen LogP contribution in [-0.2, 0) is 4.79 Å². The van der Waals surface area contributed by atoms with Crippen LogP contribution >= 0.6 is 0 Å². The molecular weight excluding hydrogens is 352 g/mol. The van der Waals surface area contributed by atoms with Crippen LogP contribution in [0.25, 0.3) is 11.1 Å². The number of hydrogen-bond donors (Lipinski definition) is 3. The number of carbonyl (C=O) groups excluding carboxylic acids is 1. The van der Waals surface area contributed by atoms with E-state index in [2.05, 4.69) is 10.3 Å². The fourth-order valence-corrected chi connectivity index (χ4v) is 2.72. The number of aliphatic hydroxyl groups is 1. The van der Waals surface area contributed by atoms with Gasteiger partial charge in [-0.3, -0.25) is 4.79 Å². The number of hydrogen-bond acceptors (Lipinski definition) is 4. The van der Waals surface area contributed by atoms with E-state index in [4.69, 9.17) is 5.73 Å². The zero-order valence-electron chi connectivity index (χ0n) is 14.4. The lowest BCUT2D eigenvalue weighted by molar-refractivity contribution is -0.124. The van der Waals surface area contributed by atoms with Crippen LogP contribution in [0.3, 0.4) is 0 Å². The molecule has 1 atom stereocenters. The molecule has 0 spiro atoms. The second-order valence-corrected chi connectivity index (χ2v) is 6.10. The van der Waals surface area contributed by atoms with E-state index in [-0.39, 0.29) is 5.56 Å². The standard InChI is InChI=1S/C20H17F2N3O2/c1-11-6-16(3-4-17(11)12-2-5-18(23)24-10-12)25-20(27)19(26)13-7-14(21)9-15(22)8-13/h2-10,19,26H,1H3,(H2,23,24)(H,25,27). The van der Waals surface area contributed by atoms with Crippen molar-refractivity contribution in [1.29, 1.82) is 0 Å². The number of halogens is 2. The molecule has 3 rings (SSSR count). The summed E-state index contributed by atoms with van der Waals surface area (Å²) in [6, 6.07) is 11.2. The van der Waals surface area contributed by atoms with Gasteiger partial charge in [0, 0.05) is 23.5 Å². The van der Waals surface area contributed by atoms with Crippen molar-refractivity contribution in [1.82, 2.24) is 4.98 Å². The summed E-state index contributed by atoms with van der Waals surface area (Å²) in [5, 5.41) is 12.6. The Hall–Kier alpha value is -3.32. The van der Waals surface area contributed by atoms with E-state index in [1.807, 2.05) is 13.0 Å². The molecule has 1 amide bonds. The zero-order valence-corrected chi connectivity index (χ0v) is 14.4. The van der Waals surface area contributed by atoms with Gasteiger partial charge in [0.05, 0.1) is 0 Å². The number of aromatic nitrogens is 1. The molecule has 138 valence electrons. The second-order valence-electron chi connectivity index (χ2n) is 6.10. The molecule has 1 unspecified atom stereocenters. The highest BCUT2D eigenvalue weighted by atomic mass is 19.1. The van der Waals surface area contributed by atoms with Gasteiger partial charge in [-0.25, -0.2) is 13.8 Å². The zero-order chi connectivity index (χ0) is 19.6. The molecule has 0 aliphatic rings. The quantitative estimate of drug-likeness (QED) is 0.656. The van der Waals surface area contributed by atoms with Crippen molar-refractivity contribution in [2.75, 3.05) is 11.1 Å². The minimum absolute atomic E-state index is 0.161. The lowest BCUT2D eigenvalue weighted by atomic mass is 10.0. The maximum Gasteiger partial charge on any atom is 0.257 e. The van der Waals surface area contributed by atoms with Crippen molar-refractivity contribution in [2.45, 2.75) is 13.0 Å². The number of rotatable bonds is 4. The van der Waals surface area contributed by atoms with Crippen LogP contribution in [0.4, 0.5) is 20.3 Å². The number of amides is 1. The van der Waals surface area contributed by atoms with Gasteiger partial charge in [-0.1, -0.05) is 6.07 Å². The van der Waals surface area contributed by atoms with E-state index in [0.717, 1.165) is 28.8 Å². The second kappa shape index (κ2) is 7.51. The van der Waals surface area contributed by atoms with Crippen LogP contribution in [0.5, 0.6) is 0 Å². The van der Waals surface area contributed by atoms with Crippen LogP contribution < -0.4 is 11.1 Å². The van der Waals surface area contributed by atoms with E-state index in [1.165, 1.54) is 0 Å². The molecule has 0 radical (unpaired) electrons. The summed E-state index contributed by atoms with van der Waals surface area (Å²) in [5.74, 6) is -2.10. The molecule has 0 saturated carbocycles. The van der Waals surface area contributed by atoms with Gasteiger partial charge in [-0.2, -0.15) is 0 Å². The van der Waals surface area contributed by atoms with Crippen LogP contribution in [0, 0.1) is 18.6 Å². The minimum Gasteiger partial charge on any atom is -0.384 e. The molecule has 0 aliphatic carbocycles. The first kappa shape index (κ1) is 18.5. The molecule has 0 aliphatic heterocycles. The summed E-state index contributed by atoms with van der Waals surface area (Å²) in [6.45, 7) is 1.86. The number of aliphatic hydroxyl groups excluding tert-OH is 1. The number of nitrogens with zero attached hydrogens (tertiary/aromatic N) is 1. The molecule has 27 heavy (non-hydrogen) atoms. The van der Waals surface area contributed by atoms with Crippen LogP contribution in [-0.4, -0.2) is 16.0 Å². The van der Waals surface area contributed by atoms with Crippen molar-refractivity contribution in [2.24, 2.45) is 0 Å². The lowest BCUT2D eigenvalue weighted by Crippen LogP contribution is -2.21. The van der Waals surface area contributed by atoms with E-state index in [1.54, 1.807) is 30.5 Å². The number of benzene rings is 2. The molecule has 1 aromatic heterocycles. The number of carbonyl (C=O) groups is 1. The molecule has 0 saturated heterocycles. The number of nitrogens with one attached hydrogen (secondary N) is 1. The highest BCUT2D eigenvalue weighted by Crippen LogP contribution is 2.26. The van der Waals surface area contributed by atoms with Gasteiger partial charge in [0.1, 0.15) is 17.5 Å². The summed E-state index contributed by atoms with van der Waals surface area (Å²) in [5.41, 5.74) is 8.52. The van der Waals surface area contributed by atoms with Gasteiger partial charge >= 0.3 is 0 Å². The minimum atomic E-state index is -1.70. The topological polar surface area (TPSA) is 88.2 Å². The maximum absolute atomic E-state index is 13.3. The third-order valence-electron chi connectivity index (χ3n) is 4.04. The van der Waals surface area contributed by atoms with Crippen LogP contribution in [0.1, 0.15) is 17.2 Å². The Kier molecular flexibility index (Phi) is 5.14. The van der Waals surface area contributed by atoms with Crippen molar-refractivity contribution in [3.63, 3.8) is 0 Å². The van der Waals surface area contributed by atoms with Gasteiger partial charge in [0.25, 0.3) is 5.91 Å². The molecule has 4 N–H and O–H groups in total. The Morgan fingerprint density at radius 1 is 1.11 bits per heavy atom. The molecule has 5 nitrogen and oxygen atoms in total. The molecule has 0 bridgehead atoms. The molecule has 3 aromatic rings. The van der Waals surface area contributed by atoms with Crippen molar-refractivity contribution >= 4 is 17.4 Å². The molecule has 7 heteroatoms. The Morgan fingerprint density at radius 2 is 1.81 bits per heavy atom. The lowest BCUT2D eigenvalue weighted by Gasteiger charge is -2.14. The molecular formula is C20H17F2N3O2. The predicted octanol–water partition coefficient (Wildman–Crippen LogP) is 3.59. The normalized spacial score (nSPS) is 11.9. The Labute approximate surface area is 154 Å². The summed E-state index contributed by atoms with van der Waals surface area (Å²) in [6.07, 6.45) is -0.0467. The fourth-order valence-electron chi connectivity index (χ4n) is 2.72. The van der Waals surface area contributed by atoms with Crippen molar-refractivity contribution < 1.29 is 18.7 Å². The third kappa shape index (κ3) is 4.27. The summed E-state index contributed by atoms with van der Waals surface area (Å²) < 4.78 is 26.5. The molecule has 2 aromatic carbocycles. The average Bonchev–Trinajstić information content (AvgIpc) is 2.61. The maximum atomic E-state index is 13.3. The van der Waals surface area contributed by atoms with Crippen LogP contribution in [0.15, 0.2) is 54.7 Å². The Morgan fingerprint density at radius 3 is 2.41 bits per heavy atom. The van der Waals surface area contributed by atoms with Gasteiger partial charge in [0.2, 0.25) is 0 Å². The summed E-state index contributed by atoms with van der Waals surface area (Å²) in [4.78, 5) is 16.3. The smallest absolute Gasteiger partial charge is 0.257 e. The number of aryl methyl sites for hydroxylation is 1. The van der Waals surface area contributed by atoms with E-state index < -0.39 is 23.6 Å². The van der Waals surface area contributed by atoms with Gasteiger partial charge in [-0.05, 0) is 60.0 Å². The predicted molar refractivity (Wildman–Crippen MR) is 98.8 cm³/mol. The summed E-state index contributed by atoms with van der Waals surface area (Å²) >= 11 is 0. The monoisotopic (exact) mass is 369 g/mol. The first-order valence-electron chi connectivity index (χ1n) is 8.11. The van der Waals surface area contributed by atoms with Gasteiger partial charge < -0.3 is 16.2 Å². The highest BCUT2D eigenvalue weighted by Gasteiger charge is 2.19. The largest absolute Gasteiger partial charge is 0.384 e.